The van der Waals surface area contributed by atoms with Gasteiger partial charge in [-0.3, -0.25) is 24.0 Å². The molecule has 2 unspecified atom stereocenters. The van der Waals surface area contributed by atoms with Crippen LogP contribution in [0, 0.1) is 18.8 Å². The lowest BCUT2D eigenvalue weighted by atomic mass is 10.0. The second-order valence-corrected chi connectivity index (χ2v) is 10.6. The predicted octanol–water partition coefficient (Wildman–Crippen LogP) is 3.89. The summed E-state index contributed by atoms with van der Waals surface area (Å²) < 4.78 is 4.97. The Morgan fingerprint density at radius 2 is 1.42 bits per heavy atom. The van der Waals surface area contributed by atoms with Crippen molar-refractivity contribution in [3.63, 3.8) is 0 Å². The maximum atomic E-state index is 11.8. The summed E-state index contributed by atoms with van der Waals surface area (Å²) in [6.45, 7) is 11.0. The third kappa shape index (κ3) is 29.9. The maximum Gasteiger partial charge on any atom is 0.325 e. The Kier molecular flexibility index (Phi) is 31.9. The van der Waals surface area contributed by atoms with Crippen LogP contribution >= 0.6 is 0 Å². The van der Waals surface area contributed by atoms with E-state index in [0.29, 0.717) is 37.5 Å². The Bertz CT molecular complexity index is 966. The van der Waals surface area contributed by atoms with E-state index in [-0.39, 0.29) is 30.7 Å². The Labute approximate surface area is 271 Å². The summed E-state index contributed by atoms with van der Waals surface area (Å²) in [6.07, 6.45) is 17.4. The van der Waals surface area contributed by atoms with Crippen molar-refractivity contribution in [1.82, 2.24) is 10.6 Å². The molecule has 1 rings (SSSR count). The Hall–Kier alpha value is -3.91. The molecule has 2 atom stereocenters. The van der Waals surface area contributed by atoms with E-state index in [1.54, 1.807) is 24.3 Å². The quantitative estimate of drug-likeness (QED) is 0.0659. The molecule has 0 saturated heterocycles. The fourth-order valence-corrected chi connectivity index (χ4v) is 3.49. The average Bonchev–Trinajstić information content (AvgIpc) is 3.01. The minimum atomic E-state index is -0.767. The molecule has 45 heavy (non-hydrogen) atoms. The van der Waals surface area contributed by atoms with Crippen LogP contribution in [0.2, 0.25) is 0 Å². The van der Waals surface area contributed by atoms with Crippen LogP contribution in [-0.4, -0.2) is 48.7 Å². The Morgan fingerprint density at radius 3 is 1.91 bits per heavy atom. The zero-order valence-electron chi connectivity index (χ0n) is 28.2. The highest BCUT2D eigenvalue weighted by atomic mass is 16.5. The molecule has 0 fully saturated rings. The molecule has 256 valence electrons. The van der Waals surface area contributed by atoms with Crippen molar-refractivity contribution in [3.8, 4) is 18.6 Å². The number of terminal acetylenes is 1. The second kappa shape index (κ2) is 31.5. The van der Waals surface area contributed by atoms with Crippen LogP contribution in [0.1, 0.15) is 111 Å². The Balaban J connectivity index is -0.000000727. The van der Waals surface area contributed by atoms with E-state index in [1.165, 1.54) is 6.42 Å². The molecule has 11 heteroatoms. The molecule has 0 radical (unpaired) electrons. The molecule has 1 aromatic carbocycles. The zero-order valence-corrected chi connectivity index (χ0v) is 28.2. The molecule has 4 amide bonds. The van der Waals surface area contributed by atoms with E-state index >= 15 is 0 Å². The van der Waals surface area contributed by atoms with Gasteiger partial charge in [-0.15, -0.1) is 12.8 Å². The lowest BCUT2D eigenvalue weighted by Crippen LogP contribution is -2.45. The molecule has 0 bridgehead atoms. The first-order valence-corrected chi connectivity index (χ1v) is 15.9. The number of nitrogens with two attached hydrogens (primary N) is 3. The summed E-state index contributed by atoms with van der Waals surface area (Å²) in [4.78, 5) is 56.3. The number of nitrogens with one attached hydrogen (secondary N) is 2. The number of carbonyl (C=O) groups is 5. The van der Waals surface area contributed by atoms with Gasteiger partial charge in [-0.05, 0) is 42.9 Å². The van der Waals surface area contributed by atoms with Gasteiger partial charge in [-0.2, -0.15) is 0 Å². The summed E-state index contributed by atoms with van der Waals surface area (Å²) in [5.74, 6) is -0.594. The summed E-state index contributed by atoms with van der Waals surface area (Å²) in [6, 6.07) is 5.85. The molecule has 8 N–H and O–H groups in total. The number of ether oxygens (including phenoxy) is 1. The molecule has 0 aliphatic heterocycles. The van der Waals surface area contributed by atoms with Gasteiger partial charge in [0.1, 0.15) is 11.8 Å². The lowest BCUT2D eigenvalue weighted by molar-refractivity contribution is -0.132. The number of amides is 4. The highest BCUT2D eigenvalue weighted by Gasteiger charge is 2.18. The normalized spacial score (nSPS) is 10.9. The SMILES string of the molecule is C#C.CCC.CCC(C)CC(=O)NCCCCCC(N)=O.CCCCCC(=O)NC(Cc1ccc(OC(=O)CN)cc1)C(N)=O. The van der Waals surface area contributed by atoms with Crippen molar-refractivity contribution in [2.75, 3.05) is 13.1 Å². The van der Waals surface area contributed by atoms with Crippen LogP contribution in [0.5, 0.6) is 5.75 Å². The summed E-state index contributed by atoms with van der Waals surface area (Å²) in [5, 5.41) is 5.55. The number of hydrogen-bond donors (Lipinski definition) is 5. The van der Waals surface area contributed by atoms with Crippen LogP contribution in [0.25, 0.3) is 0 Å². The molecule has 0 spiro atoms. The first-order valence-electron chi connectivity index (χ1n) is 15.9. The molecule has 0 saturated carbocycles. The number of carbonyl (C=O) groups excluding carboxylic acids is 5. The zero-order chi connectivity index (χ0) is 35.0. The molecular formula is C34H59N5O6. The summed E-state index contributed by atoms with van der Waals surface area (Å²) in [5.41, 5.74) is 16.3. The molecule has 0 aromatic heterocycles. The molecule has 0 heterocycles. The first kappa shape index (κ1) is 45.5. The van der Waals surface area contributed by atoms with Gasteiger partial charge in [0.2, 0.25) is 23.6 Å². The van der Waals surface area contributed by atoms with Gasteiger partial charge in [0.15, 0.2) is 0 Å². The molecule has 11 nitrogen and oxygen atoms in total. The predicted molar refractivity (Wildman–Crippen MR) is 181 cm³/mol. The van der Waals surface area contributed by atoms with Crippen LogP contribution in [-0.2, 0) is 30.4 Å². The van der Waals surface area contributed by atoms with E-state index in [4.69, 9.17) is 21.9 Å². The van der Waals surface area contributed by atoms with Crippen molar-refractivity contribution in [2.24, 2.45) is 23.1 Å². The van der Waals surface area contributed by atoms with E-state index < -0.39 is 17.9 Å². The minimum absolute atomic E-state index is 0.129. The van der Waals surface area contributed by atoms with Gasteiger partial charge in [0.25, 0.3) is 0 Å². The van der Waals surface area contributed by atoms with Gasteiger partial charge in [0, 0.05) is 32.2 Å². The van der Waals surface area contributed by atoms with Crippen molar-refractivity contribution in [1.29, 1.82) is 0 Å². The summed E-state index contributed by atoms with van der Waals surface area (Å²) in [7, 11) is 0. The van der Waals surface area contributed by atoms with Crippen LogP contribution in [0.15, 0.2) is 24.3 Å². The van der Waals surface area contributed by atoms with Gasteiger partial charge in [0.05, 0.1) is 6.54 Å². The van der Waals surface area contributed by atoms with Crippen molar-refractivity contribution in [2.45, 2.75) is 118 Å². The summed E-state index contributed by atoms with van der Waals surface area (Å²) >= 11 is 0. The van der Waals surface area contributed by atoms with Crippen LogP contribution in [0.4, 0.5) is 0 Å². The molecule has 0 aliphatic carbocycles. The van der Waals surface area contributed by atoms with Crippen LogP contribution in [0.3, 0.4) is 0 Å². The monoisotopic (exact) mass is 633 g/mol. The van der Waals surface area contributed by atoms with Gasteiger partial charge >= 0.3 is 5.97 Å². The third-order valence-electron chi connectivity index (χ3n) is 6.10. The minimum Gasteiger partial charge on any atom is -0.426 e. The smallest absolute Gasteiger partial charge is 0.325 e. The standard InChI is InChI=1S/C17H25N3O4.C12H24N2O2.C3H8.C2H2/c1-2-3-4-5-15(21)20-14(17(19)23)10-12-6-8-13(9-7-12)24-16(22)11-18;1-3-10(2)9-12(16)14-8-6-4-5-7-11(13)15;1-3-2;1-2/h6-9,14H,2-5,10-11,18H2,1H3,(H2,19,23)(H,20,21);10H,3-9H2,1-2H3,(H2,13,15)(H,14,16);3H2,1-2H3;1-2H. The van der Waals surface area contributed by atoms with Gasteiger partial charge in [-0.1, -0.05) is 78.9 Å². The Morgan fingerprint density at radius 1 is 0.844 bits per heavy atom. The highest BCUT2D eigenvalue weighted by molar-refractivity contribution is 5.86. The van der Waals surface area contributed by atoms with E-state index in [2.05, 4.69) is 58.1 Å². The topological polar surface area (TPSA) is 197 Å². The number of rotatable bonds is 19. The largest absolute Gasteiger partial charge is 0.426 e. The fourth-order valence-electron chi connectivity index (χ4n) is 3.49. The van der Waals surface area contributed by atoms with Crippen LogP contribution < -0.4 is 32.6 Å². The molecule has 0 aliphatic rings. The number of benzene rings is 1. The van der Waals surface area contributed by atoms with Gasteiger partial charge in [-0.25, -0.2) is 0 Å². The number of hydrogen-bond acceptors (Lipinski definition) is 7. The van der Waals surface area contributed by atoms with E-state index in [1.807, 2.05) is 0 Å². The lowest BCUT2D eigenvalue weighted by Gasteiger charge is -2.16. The van der Waals surface area contributed by atoms with E-state index in [0.717, 1.165) is 50.5 Å². The number of unbranched alkanes of at least 4 members (excludes halogenated alkanes) is 4. The second-order valence-electron chi connectivity index (χ2n) is 10.6. The first-order chi connectivity index (χ1) is 21.4. The highest BCUT2D eigenvalue weighted by Crippen LogP contribution is 2.14. The third-order valence-corrected chi connectivity index (χ3v) is 6.10. The van der Waals surface area contributed by atoms with E-state index in [9.17, 15) is 24.0 Å². The van der Waals surface area contributed by atoms with Crippen molar-refractivity contribution in [3.05, 3.63) is 29.8 Å². The number of esters is 1. The molecular weight excluding hydrogens is 574 g/mol. The number of primary amides is 2. The van der Waals surface area contributed by atoms with Crippen molar-refractivity contribution >= 4 is 29.6 Å². The fraction of sp³-hybridized carbons (Fsp3) is 0.618. The molecule has 1 aromatic rings. The maximum absolute atomic E-state index is 11.8. The average molecular weight is 634 g/mol. The van der Waals surface area contributed by atoms with Crippen molar-refractivity contribution < 1.29 is 28.7 Å². The van der Waals surface area contributed by atoms with Gasteiger partial charge < -0.3 is 32.6 Å².